The summed E-state index contributed by atoms with van der Waals surface area (Å²) in [5.74, 6) is 0.172. The molecule has 23 heavy (non-hydrogen) atoms. The summed E-state index contributed by atoms with van der Waals surface area (Å²) in [6.07, 6.45) is 1.52. The molecular formula is C18H15N3OS. The zero-order valence-electron chi connectivity index (χ0n) is 12.2. The van der Waals surface area contributed by atoms with Gasteiger partial charge in [0.05, 0.1) is 6.21 Å². The summed E-state index contributed by atoms with van der Waals surface area (Å²) in [5.41, 5.74) is 4.28. The zero-order valence-corrected chi connectivity index (χ0v) is 13.0. The summed E-state index contributed by atoms with van der Waals surface area (Å²) in [6, 6.07) is 21.0. The Labute approximate surface area is 139 Å². The van der Waals surface area contributed by atoms with E-state index >= 15 is 0 Å². The molecule has 3 aromatic rings. The van der Waals surface area contributed by atoms with E-state index in [4.69, 9.17) is 12.2 Å². The van der Waals surface area contributed by atoms with Gasteiger partial charge in [-0.1, -0.05) is 48.5 Å². The number of thiocarbonyl (C=S) groups is 1. The van der Waals surface area contributed by atoms with Crippen molar-refractivity contribution in [3.63, 3.8) is 0 Å². The van der Waals surface area contributed by atoms with Gasteiger partial charge in [0.25, 0.3) is 0 Å². The standard InChI is InChI=1S/C18H15N3OS/c22-17-11-4-2-7-14(17)12-19-21-18(23)20-16-10-5-8-13-6-1-3-9-15(13)16/h1-12,22H,(H2,20,21,23). The fraction of sp³-hybridized carbons (Fsp3) is 0. The molecule has 0 saturated heterocycles. The number of benzene rings is 3. The van der Waals surface area contributed by atoms with Crippen LogP contribution in [0.1, 0.15) is 5.56 Å². The molecule has 0 aliphatic heterocycles. The van der Waals surface area contributed by atoms with E-state index in [1.54, 1.807) is 18.2 Å². The van der Waals surface area contributed by atoms with Gasteiger partial charge in [0.2, 0.25) is 0 Å². The number of hydrogen-bond donors (Lipinski definition) is 3. The third-order valence-electron chi connectivity index (χ3n) is 3.34. The van der Waals surface area contributed by atoms with Gasteiger partial charge in [0, 0.05) is 16.6 Å². The van der Waals surface area contributed by atoms with Gasteiger partial charge in [-0.25, -0.2) is 0 Å². The molecule has 0 aliphatic carbocycles. The van der Waals surface area contributed by atoms with Crippen LogP contribution in [0.15, 0.2) is 71.8 Å². The summed E-state index contributed by atoms with van der Waals surface area (Å²) in [7, 11) is 0. The van der Waals surface area contributed by atoms with Crippen molar-refractivity contribution in [3.8, 4) is 5.75 Å². The summed E-state index contributed by atoms with van der Waals surface area (Å²) >= 11 is 5.25. The lowest BCUT2D eigenvalue weighted by Crippen LogP contribution is -2.23. The van der Waals surface area contributed by atoms with Crippen molar-refractivity contribution in [1.82, 2.24) is 5.43 Å². The van der Waals surface area contributed by atoms with Crippen LogP contribution in [0, 0.1) is 0 Å². The molecule has 3 rings (SSSR count). The Morgan fingerprint density at radius 3 is 2.57 bits per heavy atom. The van der Waals surface area contributed by atoms with Gasteiger partial charge in [-0.15, -0.1) is 0 Å². The van der Waals surface area contributed by atoms with E-state index in [1.165, 1.54) is 6.21 Å². The van der Waals surface area contributed by atoms with E-state index in [1.807, 2.05) is 48.5 Å². The van der Waals surface area contributed by atoms with Crippen LogP contribution in [0.2, 0.25) is 0 Å². The Morgan fingerprint density at radius 2 is 1.70 bits per heavy atom. The molecule has 0 aliphatic rings. The second kappa shape index (κ2) is 6.89. The van der Waals surface area contributed by atoms with Crippen molar-refractivity contribution in [3.05, 3.63) is 72.3 Å². The first-order valence-corrected chi connectivity index (χ1v) is 7.51. The van der Waals surface area contributed by atoms with E-state index in [0.717, 1.165) is 16.5 Å². The Kier molecular flexibility index (Phi) is 4.49. The molecule has 0 fully saturated rings. The molecule has 3 N–H and O–H groups in total. The van der Waals surface area contributed by atoms with Crippen LogP contribution in [-0.2, 0) is 0 Å². The summed E-state index contributed by atoms with van der Waals surface area (Å²) in [5, 5.41) is 19.4. The fourth-order valence-electron chi connectivity index (χ4n) is 2.24. The van der Waals surface area contributed by atoms with Gasteiger partial charge >= 0.3 is 0 Å². The average Bonchev–Trinajstić information content (AvgIpc) is 2.57. The van der Waals surface area contributed by atoms with E-state index in [0.29, 0.717) is 10.7 Å². The highest BCUT2D eigenvalue weighted by atomic mass is 32.1. The largest absolute Gasteiger partial charge is 0.507 e. The molecule has 0 unspecified atom stereocenters. The van der Waals surface area contributed by atoms with Gasteiger partial charge in [-0.05, 0) is 35.8 Å². The SMILES string of the molecule is Oc1ccccc1C=NNC(=S)Nc1cccc2ccccc12. The number of hydrogen-bond acceptors (Lipinski definition) is 3. The minimum atomic E-state index is 0.172. The second-order valence-corrected chi connectivity index (χ2v) is 5.32. The van der Waals surface area contributed by atoms with Crippen molar-refractivity contribution in [1.29, 1.82) is 0 Å². The average molecular weight is 321 g/mol. The molecule has 0 radical (unpaired) electrons. The molecule has 114 valence electrons. The molecule has 0 aromatic heterocycles. The van der Waals surface area contributed by atoms with Crippen molar-refractivity contribution in [2.24, 2.45) is 5.10 Å². The maximum Gasteiger partial charge on any atom is 0.191 e. The third-order valence-corrected chi connectivity index (χ3v) is 3.54. The first kappa shape index (κ1) is 15.0. The van der Waals surface area contributed by atoms with E-state index in [9.17, 15) is 5.11 Å². The van der Waals surface area contributed by atoms with Gasteiger partial charge in [-0.3, -0.25) is 5.43 Å². The predicted octanol–water partition coefficient (Wildman–Crippen LogP) is 3.87. The van der Waals surface area contributed by atoms with E-state index in [-0.39, 0.29) is 5.75 Å². The highest BCUT2D eigenvalue weighted by Gasteiger charge is 2.01. The lowest BCUT2D eigenvalue weighted by Gasteiger charge is -2.10. The van der Waals surface area contributed by atoms with Gasteiger partial charge in [0.15, 0.2) is 5.11 Å². The molecule has 0 bridgehead atoms. The van der Waals surface area contributed by atoms with Crippen LogP contribution >= 0.6 is 12.2 Å². The van der Waals surface area contributed by atoms with E-state index < -0.39 is 0 Å². The molecule has 0 amide bonds. The lowest BCUT2D eigenvalue weighted by atomic mass is 10.1. The number of phenolic OH excluding ortho intramolecular Hbond substituents is 1. The number of rotatable bonds is 3. The zero-order chi connectivity index (χ0) is 16.1. The number of para-hydroxylation sites is 1. The number of nitrogens with one attached hydrogen (secondary N) is 2. The van der Waals surface area contributed by atoms with Crippen molar-refractivity contribution >= 4 is 40.0 Å². The molecular weight excluding hydrogens is 306 g/mol. The molecule has 0 heterocycles. The summed E-state index contributed by atoms with van der Waals surface area (Å²) in [4.78, 5) is 0. The number of fused-ring (bicyclic) bond motifs is 1. The quantitative estimate of drug-likeness (QED) is 0.389. The molecule has 4 nitrogen and oxygen atoms in total. The number of hydrazone groups is 1. The highest BCUT2D eigenvalue weighted by molar-refractivity contribution is 7.80. The van der Waals surface area contributed by atoms with Crippen LogP contribution < -0.4 is 10.7 Å². The smallest absolute Gasteiger partial charge is 0.191 e. The monoisotopic (exact) mass is 321 g/mol. The fourth-order valence-corrected chi connectivity index (χ4v) is 2.40. The Bertz CT molecular complexity index is 872. The van der Waals surface area contributed by atoms with Crippen molar-refractivity contribution in [2.75, 3.05) is 5.32 Å². The van der Waals surface area contributed by atoms with Gasteiger partial charge in [0.1, 0.15) is 5.75 Å². The summed E-state index contributed by atoms with van der Waals surface area (Å²) < 4.78 is 0. The number of phenols is 1. The minimum Gasteiger partial charge on any atom is -0.507 e. The van der Waals surface area contributed by atoms with Crippen LogP contribution in [-0.4, -0.2) is 16.4 Å². The van der Waals surface area contributed by atoms with Gasteiger partial charge in [-0.2, -0.15) is 5.10 Å². The van der Waals surface area contributed by atoms with Crippen LogP contribution in [0.3, 0.4) is 0 Å². The van der Waals surface area contributed by atoms with E-state index in [2.05, 4.69) is 15.8 Å². The Balaban J connectivity index is 1.69. The minimum absolute atomic E-state index is 0.172. The highest BCUT2D eigenvalue weighted by Crippen LogP contribution is 2.22. The van der Waals surface area contributed by atoms with Crippen molar-refractivity contribution in [2.45, 2.75) is 0 Å². The second-order valence-electron chi connectivity index (χ2n) is 4.91. The topological polar surface area (TPSA) is 56.7 Å². The number of nitrogens with zero attached hydrogens (tertiary/aromatic N) is 1. The third kappa shape index (κ3) is 3.64. The Hall–Kier alpha value is -2.92. The molecule has 0 saturated carbocycles. The normalized spacial score (nSPS) is 10.8. The van der Waals surface area contributed by atoms with Crippen molar-refractivity contribution < 1.29 is 5.11 Å². The predicted molar refractivity (Wildman–Crippen MR) is 99.0 cm³/mol. The molecule has 3 aromatic carbocycles. The Morgan fingerprint density at radius 1 is 0.957 bits per heavy atom. The first-order valence-electron chi connectivity index (χ1n) is 7.10. The lowest BCUT2D eigenvalue weighted by molar-refractivity contribution is 0.474. The maximum atomic E-state index is 9.66. The van der Waals surface area contributed by atoms with Crippen LogP contribution in [0.5, 0.6) is 5.75 Å². The number of anilines is 1. The van der Waals surface area contributed by atoms with Gasteiger partial charge < -0.3 is 10.4 Å². The molecule has 0 spiro atoms. The van der Waals surface area contributed by atoms with Crippen LogP contribution in [0.25, 0.3) is 10.8 Å². The first-order chi connectivity index (χ1) is 11.2. The maximum absolute atomic E-state index is 9.66. The summed E-state index contributed by atoms with van der Waals surface area (Å²) in [6.45, 7) is 0. The van der Waals surface area contributed by atoms with Crippen LogP contribution in [0.4, 0.5) is 5.69 Å². The molecule has 0 atom stereocenters. The molecule has 5 heteroatoms. The number of aromatic hydroxyl groups is 1.